The van der Waals surface area contributed by atoms with Gasteiger partial charge in [-0.25, -0.2) is 13.2 Å². The molecule has 1 atom stereocenters. The van der Waals surface area contributed by atoms with Gasteiger partial charge in [-0.3, -0.25) is 4.79 Å². The smallest absolute Gasteiger partial charge is 0.338 e. The van der Waals surface area contributed by atoms with E-state index in [1.54, 1.807) is 36.4 Å². The molecule has 0 radical (unpaired) electrons. The van der Waals surface area contributed by atoms with E-state index in [0.29, 0.717) is 23.5 Å². The molecule has 2 rings (SSSR count). The van der Waals surface area contributed by atoms with E-state index in [9.17, 15) is 18.0 Å². The highest BCUT2D eigenvalue weighted by atomic mass is 32.2. The average molecular weight is 390 g/mol. The van der Waals surface area contributed by atoms with Gasteiger partial charge in [-0.1, -0.05) is 12.1 Å². The fraction of sp³-hybridized carbons (Fsp3) is 0.300. The average Bonchev–Trinajstić information content (AvgIpc) is 2.61. The number of ether oxygens (including phenoxy) is 2. The Labute approximate surface area is 159 Å². The van der Waals surface area contributed by atoms with Gasteiger partial charge >= 0.3 is 5.97 Å². The lowest BCUT2D eigenvalue weighted by atomic mass is 10.1. The summed E-state index contributed by atoms with van der Waals surface area (Å²) in [5, 5.41) is 0. The van der Waals surface area contributed by atoms with Crippen LogP contribution < -0.4 is 4.74 Å². The van der Waals surface area contributed by atoms with Crippen molar-refractivity contribution in [2.45, 2.75) is 25.7 Å². The van der Waals surface area contributed by atoms with Gasteiger partial charge in [0.05, 0.1) is 17.9 Å². The highest BCUT2D eigenvalue weighted by molar-refractivity contribution is 7.89. The van der Waals surface area contributed by atoms with Crippen LogP contribution in [0.15, 0.2) is 48.5 Å². The standard InChI is InChI=1S/C20H22O6S/c1-4-25-18-11-9-16(10-12-18)19(21)14(2)26-20(22)17-7-5-15(6-8-17)13-27(3,23)24/h5-12,14H,4,13H2,1-3H3/t14-/m0/s1. The zero-order chi connectivity index (χ0) is 20.0. The lowest BCUT2D eigenvalue weighted by molar-refractivity contribution is 0.0319. The van der Waals surface area contributed by atoms with Crippen LogP contribution in [0.4, 0.5) is 0 Å². The van der Waals surface area contributed by atoms with Crippen molar-refractivity contribution in [3.05, 3.63) is 65.2 Å². The molecule has 144 valence electrons. The molecule has 0 saturated carbocycles. The minimum absolute atomic E-state index is 0.102. The molecular formula is C20H22O6S. The van der Waals surface area contributed by atoms with E-state index >= 15 is 0 Å². The minimum Gasteiger partial charge on any atom is -0.494 e. The van der Waals surface area contributed by atoms with E-state index in [-0.39, 0.29) is 17.1 Å². The molecule has 0 heterocycles. The third-order valence-corrected chi connectivity index (χ3v) is 4.58. The maximum absolute atomic E-state index is 12.4. The second kappa shape index (κ2) is 8.81. The van der Waals surface area contributed by atoms with Gasteiger partial charge in [0, 0.05) is 11.8 Å². The Morgan fingerprint density at radius 2 is 1.52 bits per heavy atom. The largest absolute Gasteiger partial charge is 0.494 e. The Hall–Kier alpha value is -2.67. The molecule has 0 saturated heterocycles. The summed E-state index contributed by atoms with van der Waals surface area (Å²) in [5.41, 5.74) is 1.24. The highest BCUT2D eigenvalue weighted by Crippen LogP contribution is 2.15. The van der Waals surface area contributed by atoms with Gasteiger partial charge in [0.15, 0.2) is 15.9 Å². The molecule has 27 heavy (non-hydrogen) atoms. The predicted molar refractivity (Wildman–Crippen MR) is 102 cm³/mol. The molecule has 0 aromatic heterocycles. The summed E-state index contributed by atoms with van der Waals surface area (Å²) in [6.07, 6.45) is 0.190. The maximum Gasteiger partial charge on any atom is 0.338 e. The molecule has 0 aliphatic heterocycles. The maximum atomic E-state index is 12.4. The van der Waals surface area contributed by atoms with E-state index in [2.05, 4.69) is 0 Å². The van der Waals surface area contributed by atoms with Crippen LogP contribution in [0, 0.1) is 0 Å². The molecule has 2 aromatic rings. The van der Waals surface area contributed by atoms with Gasteiger partial charge in [-0.2, -0.15) is 0 Å². The Morgan fingerprint density at radius 3 is 2.04 bits per heavy atom. The van der Waals surface area contributed by atoms with Crippen molar-refractivity contribution in [2.24, 2.45) is 0 Å². The Bertz CT molecular complexity index is 898. The zero-order valence-electron chi connectivity index (χ0n) is 15.5. The first-order valence-corrected chi connectivity index (χ1v) is 10.5. The topological polar surface area (TPSA) is 86.7 Å². The van der Waals surface area contributed by atoms with Crippen LogP contribution >= 0.6 is 0 Å². The zero-order valence-corrected chi connectivity index (χ0v) is 16.3. The Kier molecular flexibility index (Phi) is 6.74. The summed E-state index contributed by atoms with van der Waals surface area (Å²) in [6.45, 7) is 3.91. The molecule has 0 aliphatic rings. The normalized spacial score (nSPS) is 12.3. The van der Waals surface area contributed by atoms with E-state index in [0.717, 1.165) is 6.26 Å². The van der Waals surface area contributed by atoms with Crippen LogP contribution in [-0.2, 0) is 20.3 Å². The number of carbonyl (C=O) groups excluding carboxylic acids is 2. The van der Waals surface area contributed by atoms with E-state index < -0.39 is 21.9 Å². The summed E-state index contributed by atoms with van der Waals surface area (Å²) in [4.78, 5) is 24.6. The quantitative estimate of drug-likeness (QED) is 0.509. The number of hydrogen-bond acceptors (Lipinski definition) is 6. The molecule has 2 aromatic carbocycles. The number of ketones is 1. The summed E-state index contributed by atoms with van der Waals surface area (Å²) in [5.74, 6) is -0.407. The lowest BCUT2D eigenvalue weighted by Crippen LogP contribution is -2.24. The number of sulfone groups is 1. The SMILES string of the molecule is CCOc1ccc(C(=O)[C@H](C)OC(=O)c2ccc(CS(C)(=O)=O)cc2)cc1. The Balaban J connectivity index is 2.00. The van der Waals surface area contributed by atoms with Crippen molar-refractivity contribution in [3.63, 3.8) is 0 Å². The molecule has 0 aliphatic carbocycles. The molecule has 0 bridgehead atoms. The summed E-state index contributed by atoms with van der Waals surface area (Å²) in [7, 11) is -3.15. The van der Waals surface area contributed by atoms with Crippen LogP contribution in [0.2, 0.25) is 0 Å². The van der Waals surface area contributed by atoms with Gasteiger partial charge in [0.2, 0.25) is 5.78 Å². The Morgan fingerprint density at radius 1 is 0.963 bits per heavy atom. The van der Waals surface area contributed by atoms with Crippen molar-refractivity contribution >= 4 is 21.6 Å². The molecule has 0 N–H and O–H groups in total. The van der Waals surface area contributed by atoms with Crippen molar-refractivity contribution in [1.29, 1.82) is 0 Å². The summed E-state index contributed by atoms with van der Waals surface area (Å²) < 4.78 is 33.2. The first-order chi connectivity index (χ1) is 12.7. The first-order valence-electron chi connectivity index (χ1n) is 8.44. The molecule has 0 spiro atoms. The molecule has 6 nitrogen and oxygen atoms in total. The second-order valence-electron chi connectivity index (χ2n) is 6.14. The minimum atomic E-state index is -3.15. The monoisotopic (exact) mass is 390 g/mol. The van der Waals surface area contributed by atoms with Crippen LogP contribution in [-0.4, -0.2) is 39.1 Å². The van der Waals surface area contributed by atoms with Crippen LogP contribution in [0.5, 0.6) is 5.75 Å². The van der Waals surface area contributed by atoms with Crippen molar-refractivity contribution in [2.75, 3.05) is 12.9 Å². The van der Waals surface area contributed by atoms with Crippen molar-refractivity contribution < 1.29 is 27.5 Å². The number of carbonyl (C=O) groups is 2. The summed E-state index contributed by atoms with van der Waals surface area (Å²) >= 11 is 0. The van der Waals surface area contributed by atoms with E-state index in [1.807, 2.05) is 6.92 Å². The molecule has 0 unspecified atom stereocenters. The van der Waals surface area contributed by atoms with Crippen LogP contribution in [0.1, 0.15) is 40.1 Å². The van der Waals surface area contributed by atoms with Gasteiger partial charge in [-0.15, -0.1) is 0 Å². The van der Waals surface area contributed by atoms with Crippen LogP contribution in [0.3, 0.4) is 0 Å². The van der Waals surface area contributed by atoms with E-state index in [4.69, 9.17) is 9.47 Å². The highest BCUT2D eigenvalue weighted by Gasteiger charge is 2.20. The van der Waals surface area contributed by atoms with Gasteiger partial charge < -0.3 is 9.47 Å². The van der Waals surface area contributed by atoms with Gasteiger partial charge in [-0.05, 0) is 55.8 Å². The molecule has 0 fully saturated rings. The molecule has 0 amide bonds. The number of benzene rings is 2. The second-order valence-corrected chi connectivity index (χ2v) is 8.28. The third-order valence-electron chi connectivity index (χ3n) is 3.72. The van der Waals surface area contributed by atoms with Gasteiger partial charge in [0.1, 0.15) is 5.75 Å². The number of Topliss-reactive ketones (excluding diaryl/α,β-unsaturated/α-hetero) is 1. The predicted octanol–water partition coefficient (Wildman–Crippen LogP) is 3.06. The van der Waals surface area contributed by atoms with E-state index in [1.165, 1.54) is 19.1 Å². The molecule has 7 heteroatoms. The number of esters is 1. The number of rotatable bonds is 8. The summed E-state index contributed by atoms with van der Waals surface area (Å²) in [6, 6.07) is 12.7. The fourth-order valence-corrected chi connectivity index (χ4v) is 3.24. The van der Waals surface area contributed by atoms with Crippen molar-refractivity contribution in [1.82, 2.24) is 0 Å². The number of hydrogen-bond donors (Lipinski definition) is 0. The van der Waals surface area contributed by atoms with Gasteiger partial charge in [0.25, 0.3) is 0 Å². The third kappa shape index (κ3) is 6.21. The van der Waals surface area contributed by atoms with Crippen molar-refractivity contribution in [3.8, 4) is 5.75 Å². The molecular weight excluding hydrogens is 368 g/mol. The fourth-order valence-electron chi connectivity index (χ4n) is 2.44. The lowest BCUT2D eigenvalue weighted by Gasteiger charge is -2.13. The van der Waals surface area contributed by atoms with Crippen LogP contribution in [0.25, 0.3) is 0 Å². The first kappa shape index (κ1) is 20.6.